The van der Waals surface area contributed by atoms with Gasteiger partial charge in [0.15, 0.2) is 5.16 Å². The van der Waals surface area contributed by atoms with Gasteiger partial charge in [0, 0.05) is 12.1 Å². The van der Waals surface area contributed by atoms with Crippen molar-refractivity contribution in [3.8, 4) is 0 Å². The van der Waals surface area contributed by atoms with Crippen LogP contribution in [0.3, 0.4) is 0 Å². The number of nitrogens with zero attached hydrogens (tertiary/aromatic N) is 2. The Morgan fingerprint density at radius 1 is 1.24 bits per heavy atom. The van der Waals surface area contributed by atoms with E-state index in [4.69, 9.17) is 0 Å². The molecular formula is C19H25N3O2S. The van der Waals surface area contributed by atoms with Crippen LogP contribution in [0.15, 0.2) is 34.2 Å². The zero-order valence-electron chi connectivity index (χ0n) is 15.0. The molecule has 1 aromatic heterocycles. The molecule has 2 aromatic rings. The third-order valence-corrected chi connectivity index (χ3v) is 5.71. The van der Waals surface area contributed by atoms with E-state index in [2.05, 4.69) is 10.3 Å². The standard InChI is InChI=1S/C19H25N3O2S/c1-12(2)22-18(24)15-10-6-7-11-16(15)21-19(22)25-13(3)17(23)20-14-8-4-5-9-14/h6-7,10-14H,4-5,8-9H2,1-3H3,(H,20,23)/t13-/m0/s1. The molecule has 1 saturated carbocycles. The number of thioether (sulfide) groups is 1. The van der Waals surface area contributed by atoms with Gasteiger partial charge in [-0.25, -0.2) is 4.98 Å². The Kier molecular flexibility index (Phi) is 5.47. The van der Waals surface area contributed by atoms with Crippen molar-refractivity contribution in [1.82, 2.24) is 14.9 Å². The molecule has 0 saturated heterocycles. The average Bonchev–Trinajstić information content (AvgIpc) is 3.07. The van der Waals surface area contributed by atoms with Crippen molar-refractivity contribution in [2.75, 3.05) is 0 Å². The maximum absolute atomic E-state index is 12.8. The van der Waals surface area contributed by atoms with Gasteiger partial charge in [-0.3, -0.25) is 14.2 Å². The highest BCUT2D eigenvalue weighted by molar-refractivity contribution is 8.00. The smallest absolute Gasteiger partial charge is 0.262 e. The van der Waals surface area contributed by atoms with Gasteiger partial charge in [0.1, 0.15) is 0 Å². The molecule has 1 aliphatic carbocycles. The molecule has 1 fully saturated rings. The monoisotopic (exact) mass is 359 g/mol. The van der Waals surface area contributed by atoms with Crippen LogP contribution in [0.2, 0.25) is 0 Å². The summed E-state index contributed by atoms with van der Waals surface area (Å²) < 4.78 is 1.69. The van der Waals surface area contributed by atoms with Crippen LogP contribution in [0.4, 0.5) is 0 Å². The van der Waals surface area contributed by atoms with Gasteiger partial charge in [-0.15, -0.1) is 0 Å². The van der Waals surface area contributed by atoms with Gasteiger partial charge in [-0.05, 0) is 45.7 Å². The molecule has 0 aliphatic heterocycles. The first-order valence-electron chi connectivity index (χ1n) is 8.95. The summed E-state index contributed by atoms with van der Waals surface area (Å²) in [6.07, 6.45) is 4.50. The van der Waals surface area contributed by atoms with Crippen LogP contribution in [0.5, 0.6) is 0 Å². The van der Waals surface area contributed by atoms with E-state index >= 15 is 0 Å². The molecule has 1 amide bonds. The van der Waals surface area contributed by atoms with Gasteiger partial charge in [0.2, 0.25) is 5.91 Å². The Bertz CT molecular complexity index is 825. The largest absolute Gasteiger partial charge is 0.352 e. The number of amides is 1. The highest BCUT2D eigenvalue weighted by Crippen LogP contribution is 2.25. The predicted octanol–water partition coefficient (Wildman–Crippen LogP) is 3.52. The SMILES string of the molecule is CC(C)n1c(S[C@@H](C)C(=O)NC2CCCC2)nc2ccccc2c1=O. The van der Waals surface area contributed by atoms with E-state index in [-0.39, 0.29) is 22.8 Å². The van der Waals surface area contributed by atoms with E-state index in [0.29, 0.717) is 22.1 Å². The van der Waals surface area contributed by atoms with Gasteiger partial charge in [-0.1, -0.05) is 36.7 Å². The lowest BCUT2D eigenvalue weighted by Gasteiger charge is -2.20. The molecule has 0 bridgehead atoms. The quantitative estimate of drug-likeness (QED) is 0.655. The number of rotatable bonds is 5. The second-order valence-electron chi connectivity index (χ2n) is 6.93. The molecule has 1 aromatic carbocycles. The lowest BCUT2D eigenvalue weighted by molar-refractivity contribution is -0.120. The Labute approximate surface area is 152 Å². The number of nitrogens with one attached hydrogen (secondary N) is 1. The highest BCUT2D eigenvalue weighted by Gasteiger charge is 2.23. The minimum absolute atomic E-state index is 0.0165. The van der Waals surface area contributed by atoms with Gasteiger partial charge >= 0.3 is 0 Å². The molecule has 6 heteroatoms. The lowest BCUT2D eigenvalue weighted by Crippen LogP contribution is -2.38. The van der Waals surface area contributed by atoms with Crippen molar-refractivity contribution in [2.45, 2.75) is 68.9 Å². The van der Waals surface area contributed by atoms with Crippen molar-refractivity contribution < 1.29 is 4.79 Å². The number of aromatic nitrogens is 2. The number of benzene rings is 1. The topological polar surface area (TPSA) is 64.0 Å². The van der Waals surface area contributed by atoms with Gasteiger partial charge in [0.05, 0.1) is 16.2 Å². The van der Waals surface area contributed by atoms with E-state index < -0.39 is 0 Å². The molecule has 134 valence electrons. The maximum atomic E-state index is 12.8. The first-order chi connectivity index (χ1) is 12.0. The number of para-hydroxylation sites is 1. The summed E-state index contributed by atoms with van der Waals surface area (Å²) in [5.41, 5.74) is 0.627. The molecular weight excluding hydrogens is 334 g/mol. The molecule has 1 N–H and O–H groups in total. The number of fused-ring (bicyclic) bond motifs is 1. The van der Waals surface area contributed by atoms with Crippen LogP contribution in [-0.4, -0.2) is 26.8 Å². The third kappa shape index (κ3) is 3.89. The summed E-state index contributed by atoms with van der Waals surface area (Å²) in [7, 11) is 0. The van der Waals surface area contributed by atoms with Crippen molar-refractivity contribution in [2.24, 2.45) is 0 Å². The summed E-state index contributed by atoms with van der Waals surface area (Å²) >= 11 is 1.36. The zero-order valence-corrected chi connectivity index (χ0v) is 15.8. The van der Waals surface area contributed by atoms with Crippen molar-refractivity contribution >= 4 is 28.6 Å². The predicted molar refractivity (Wildman–Crippen MR) is 102 cm³/mol. The Hall–Kier alpha value is -1.82. The Morgan fingerprint density at radius 3 is 2.60 bits per heavy atom. The minimum Gasteiger partial charge on any atom is -0.352 e. The number of carbonyl (C=O) groups excluding carboxylic acids is 1. The second-order valence-corrected chi connectivity index (χ2v) is 8.24. The maximum Gasteiger partial charge on any atom is 0.262 e. The fourth-order valence-electron chi connectivity index (χ4n) is 3.26. The van der Waals surface area contributed by atoms with E-state index in [1.165, 1.54) is 24.6 Å². The average molecular weight is 359 g/mol. The summed E-state index contributed by atoms with van der Waals surface area (Å²) in [5.74, 6) is 0.0228. The zero-order chi connectivity index (χ0) is 18.0. The molecule has 25 heavy (non-hydrogen) atoms. The fraction of sp³-hybridized carbons (Fsp3) is 0.526. The Morgan fingerprint density at radius 2 is 1.92 bits per heavy atom. The number of hydrogen-bond donors (Lipinski definition) is 1. The number of carbonyl (C=O) groups is 1. The molecule has 0 radical (unpaired) electrons. The van der Waals surface area contributed by atoms with Crippen LogP contribution >= 0.6 is 11.8 Å². The molecule has 1 atom stereocenters. The van der Waals surface area contributed by atoms with Gasteiger partial charge < -0.3 is 5.32 Å². The van der Waals surface area contributed by atoms with E-state index in [1.54, 1.807) is 10.6 Å². The molecule has 1 aliphatic rings. The Balaban J connectivity index is 1.87. The molecule has 3 rings (SSSR count). The van der Waals surface area contributed by atoms with Crippen LogP contribution in [0, 0.1) is 0 Å². The second kappa shape index (κ2) is 7.60. The fourth-order valence-corrected chi connectivity index (χ4v) is 4.31. The van der Waals surface area contributed by atoms with Crippen molar-refractivity contribution in [1.29, 1.82) is 0 Å². The molecule has 5 nitrogen and oxygen atoms in total. The first-order valence-corrected chi connectivity index (χ1v) is 9.83. The third-order valence-electron chi connectivity index (χ3n) is 4.64. The van der Waals surface area contributed by atoms with E-state index in [0.717, 1.165) is 12.8 Å². The van der Waals surface area contributed by atoms with Crippen LogP contribution in [0.25, 0.3) is 10.9 Å². The molecule has 0 unspecified atom stereocenters. The molecule has 0 spiro atoms. The van der Waals surface area contributed by atoms with Crippen molar-refractivity contribution in [3.05, 3.63) is 34.6 Å². The summed E-state index contributed by atoms with van der Waals surface area (Å²) in [5, 5.41) is 4.05. The van der Waals surface area contributed by atoms with E-state index in [9.17, 15) is 9.59 Å². The van der Waals surface area contributed by atoms with Gasteiger partial charge in [0.25, 0.3) is 5.56 Å². The highest BCUT2D eigenvalue weighted by atomic mass is 32.2. The minimum atomic E-state index is -0.293. The number of hydrogen-bond acceptors (Lipinski definition) is 4. The van der Waals surface area contributed by atoms with Crippen LogP contribution < -0.4 is 10.9 Å². The van der Waals surface area contributed by atoms with Crippen LogP contribution in [0.1, 0.15) is 52.5 Å². The van der Waals surface area contributed by atoms with Crippen molar-refractivity contribution in [3.63, 3.8) is 0 Å². The lowest BCUT2D eigenvalue weighted by atomic mass is 10.2. The van der Waals surface area contributed by atoms with E-state index in [1.807, 2.05) is 39.0 Å². The van der Waals surface area contributed by atoms with Gasteiger partial charge in [-0.2, -0.15) is 0 Å². The first kappa shape index (κ1) is 18.0. The summed E-state index contributed by atoms with van der Waals surface area (Å²) in [6, 6.07) is 7.65. The molecule has 1 heterocycles. The summed E-state index contributed by atoms with van der Waals surface area (Å²) in [6.45, 7) is 5.80. The van der Waals surface area contributed by atoms with Crippen LogP contribution in [-0.2, 0) is 4.79 Å². The normalized spacial score (nSPS) is 16.5. The summed E-state index contributed by atoms with van der Waals surface area (Å²) in [4.78, 5) is 30.0.